The van der Waals surface area contributed by atoms with Gasteiger partial charge in [0.25, 0.3) is 5.91 Å². The van der Waals surface area contributed by atoms with Gasteiger partial charge in [-0.3, -0.25) is 4.79 Å². The van der Waals surface area contributed by atoms with Crippen LogP contribution in [0.3, 0.4) is 0 Å². The topological polar surface area (TPSA) is 94.2 Å². The second-order valence-electron chi connectivity index (χ2n) is 5.80. The van der Waals surface area contributed by atoms with Crippen molar-refractivity contribution in [3.05, 3.63) is 40.9 Å². The van der Waals surface area contributed by atoms with Gasteiger partial charge in [0.15, 0.2) is 11.5 Å². The number of hydrogen-bond acceptors (Lipinski definition) is 6. The second kappa shape index (κ2) is 8.68. The molecule has 0 unspecified atom stereocenters. The third kappa shape index (κ3) is 4.32. The number of sulfonamides is 1. The molecule has 2 rings (SSSR count). The molecule has 0 atom stereocenters. The van der Waals surface area contributed by atoms with Crippen molar-refractivity contribution >= 4 is 33.2 Å². The highest BCUT2D eigenvalue weighted by Crippen LogP contribution is 2.40. The average Bonchev–Trinajstić information content (AvgIpc) is 2.66. The van der Waals surface area contributed by atoms with E-state index in [9.17, 15) is 13.2 Å². The lowest BCUT2D eigenvalue weighted by molar-refractivity contribution is 0.102. The van der Waals surface area contributed by atoms with Crippen LogP contribution in [0.1, 0.15) is 10.4 Å². The molecule has 152 valence electrons. The van der Waals surface area contributed by atoms with Gasteiger partial charge in [-0.15, -0.1) is 0 Å². The molecule has 0 fully saturated rings. The van der Waals surface area contributed by atoms with E-state index in [0.717, 1.165) is 4.31 Å². The molecule has 0 bridgehead atoms. The Kier molecular flexibility index (Phi) is 6.76. The summed E-state index contributed by atoms with van der Waals surface area (Å²) in [5, 5.41) is 2.77. The van der Waals surface area contributed by atoms with Gasteiger partial charge in [0, 0.05) is 31.9 Å². The minimum absolute atomic E-state index is 0.0124. The zero-order valence-electron chi connectivity index (χ0n) is 16.1. The van der Waals surface area contributed by atoms with Crippen LogP contribution in [-0.4, -0.2) is 54.1 Å². The molecule has 0 spiro atoms. The van der Waals surface area contributed by atoms with Gasteiger partial charge in [-0.25, -0.2) is 12.7 Å². The van der Waals surface area contributed by atoms with E-state index in [2.05, 4.69) is 5.32 Å². The number of ether oxygens (including phenoxy) is 3. The molecule has 0 aliphatic rings. The van der Waals surface area contributed by atoms with Crippen LogP contribution in [0.25, 0.3) is 0 Å². The molecule has 2 aromatic carbocycles. The zero-order chi connectivity index (χ0) is 21.1. The molecule has 28 heavy (non-hydrogen) atoms. The summed E-state index contributed by atoms with van der Waals surface area (Å²) in [6, 6.07) is 7.03. The molecule has 0 aliphatic carbocycles. The Morgan fingerprint density at radius 2 is 1.57 bits per heavy atom. The summed E-state index contributed by atoms with van der Waals surface area (Å²) in [4.78, 5) is 12.7. The first-order valence-corrected chi connectivity index (χ1v) is 9.81. The molecule has 10 heteroatoms. The number of anilines is 1. The number of amides is 1. The highest BCUT2D eigenvalue weighted by atomic mass is 35.5. The van der Waals surface area contributed by atoms with Crippen molar-refractivity contribution in [1.82, 2.24) is 4.31 Å². The number of carbonyl (C=O) groups is 1. The van der Waals surface area contributed by atoms with E-state index < -0.39 is 15.9 Å². The van der Waals surface area contributed by atoms with Gasteiger partial charge >= 0.3 is 0 Å². The molecular weight excluding hydrogens is 408 g/mol. The Balaban J connectivity index is 2.43. The maximum atomic E-state index is 12.7. The van der Waals surface area contributed by atoms with Crippen LogP contribution in [0.5, 0.6) is 17.2 Å². The minimum atomic E-state index is -3.71. The highest BCUT2D eigenvalue weighted by molar-refractivity contribution is 7.89. The predicted molar refractivity (Wildman–Crippen MR) is 106 cm³/mol. The third-order valence-electron chi connectivity index (χ3n) is 3.88. The molecule has 1 N–H and O–H groups in total. The van der Waals surface area contributed by atoms with E-state index in [-0.39, 0.29) is 15.5 Å². The van der Waals surface area contributed by atoms with E-state index in [4.69, 9.17) is 25.8 Å². The highest BCUT2D eigenvalue weighted by Gasteiger charge is 2.21. The molecule has 0 saturated heterocycles. The molecule has 0 heterocycles. The average molecular weight is 429 g/mol. The van der Waals surface area contributed by atoms with Gasteiger partial charge in [0.05, 0.1) is 36.8 Å². The SMILES string of the molecule is COc1cc(NC(=O)c2cc(S(=O)(=O)N(C)C)ccc2Cl)cc(OC)c1OC. The first-order chi connectivity index (χ1) is 13.1. The summed E-state index contributed by atoms with van der Waals surface area (Å²) in [7, 11) is 3.46. The Hall–Kier alpha value is -2.49. The van der Waals surface area contributed by atoms with Crippen LogP contribution in [0.2, 0.25) is 5.02 Å². The van der Waals surface area contributed by atoms with E-state index >= 15 is 0 Å². The number of halogens is 1. The number of nitrogens with zero attached hydrogens (tertiary/aromatic N) is 1. The first kappa shape index (κ1) is 21.8. The van der Waals surface area contributed by atoms with E-state index in [1.807, 2.05) is 0 Å². The van der Waals surface area contributed by atoms with Gasteiger partial charge in [0.1, 0.15) is 0 Å². The van der Waals surface area contributed by atoms with Gasteiger partial charge in [-0.1, -0.05) is 11.6 Å². The van der Waals surface area contributed by atoms with Crippen molar-refractivity contribution in [3.63, 3.8) is 0 Å². The standard InChI is InChI=1S/C18H21ClN2O6S/c1-21(2)28(23,24)12-6-7-14(19)13(10-12)18(22)20-11-8-15(25-3)17(27-5)16(9-11)26-4/h6-10H,1-5H3,(H,20,22). The van der Waals surface area contributed by atoms with Crippen LogP contribution in [-0.2, 0) is 10.0 Å². The van der Waals surface area contributed by atoms with Gasteiger partial charge in [-0.05, 0) is 18.2 Å². The fourth-order valence-electron chi connectivity index (χ4n) is 2.40. The van der Waals surface area contributed by atoms with Crippen molar-refractivity contribution in [2.45, 2.75) is 4.90 Å². The molecule has 0 saturated carbocycles. The summed E-state index contributed by atoms with van der Waals surface area (Å²) in [6.07, 6.45) is 0. The number of carbonyl (C=O) groups excluding carboxylic acids is 1. The van der Waals surface area contributed by atoms with E-state index in [1.54, 1.807) is 12.1 Å². The van der Waals surface area contributed by atoms with Crippen LogP contribution < -0.4 is 19.5 Å². The van der Waals surface area contributed by atoms with Crippen LogP contribution in [0.15, 0.2) is 35.2 Å². The summed E-state index contributed by atoms with van der Waals surface area (Å²) in [5.41, 5.74) is 0.370. The summed E-state index contributed by atoms with van der Waals surface area (Å²) < 4.78 is 41.4. The number of hydrogen-bond donors (Lipinski definition) is 1. The lowest BCUT2D eigenvalue weighted by atomic mass is 10.2. The lowest BCUT2D eigenvalue weighted by Crippen LogP contribution is -2.23. The maximum Gasteiger partial charge on any atom is 0.257 e. The van der Waals surface area contributed by atoms with Gasteiger partial charge in [0.2, 0.25) is 15.8 Å². The summed E-state index contributed by atoms with van der Waals surface area (Å²) >= 11 is 6.11. The largest absolute Gasteiger partial charge is 0.493 e. The molecule has 1 amide bonds. The molecule has 2 aromatic rings. The summed E-state index contributed by atoms with van der Waals surface area (Å²) in [6.45, 7) is 0. The van der Waals surface area contributed by atoms with Crippen molar-refractivity contribution in [2.75, 3.05) is 40.7 Å². The minimum Gasteiger partial charge on any atom is -0.493 e. The van der Waals surface area contributed by atoms with Crippen molar-refractivity contribution in [2.24, 2.45) is 0 Å². The zero-order valence-corrected chi connectivity index (χ0v) is 17.6. The monoisotopic (exact) mass is 428 g/mol. The molecule has 0 aromatic heterocycles. The number of nitrogens with one attached hydrogen (secondary N) is 1. The van der Waals surface area contributed by atoms with E-state index in [0.29, 0.717) is 22.9 Å². The smallest absolute Gasteiger partial charge is 0.257 e. The quantitative estimate of drug-likeness (QED) is 0.728. The second-order valence-corrected chi connectivity index (χ2v) is 8.36. The van der Waals surface area contributed by atoms with Crippen molar-refractivity contribution in [1.29, 1.82) is 0 Å². The third-order valence-corrected chi connectivity index (χ3v) is 6.02. The fourth-order valence-corrected chi connectivity index (χ4v) is 3.53. The Morgan fingerprint density at radius 1 is 1.00 bits per heavy atom. The summed E-state index contributed by atoms with van der Waals surface area (Å²) in [5.74, 6) is 0.495. The number of rotatable bonds is 7. The van der Waals surface area contributed by atoms with Crippen LogP contribution >= 0.6 is 11.6 Å². The molecule has 0 aliphatic heterocycles. The van der Waals surface area contributed by atoms with Crippen molar-refractivity contribution < 1.29 is 27.4 Å². The van der Waals surface area contributed by atoms with E-state index in [1.165, 1.54) is 53.6 Å². The lowest BCUT2D eigenvalue weighted by Gasteiger charge is -2.15. The van der Waals surface area contributed by atoms with Crippen LogP contribution in [0.4, 0.5) is 5.69 Å². The predicted octanol–water partition coefficient (Wildman–Crippen LogP) is 2.87. The Labute approximate surface area is 169 Å². The van der Waals surface area contributed by atoms with Gasteiger partial charge in [-0.2, -0.15) is 0 Å². The van der Waals surface area contributed by atoms with Gasteiger partial charge < -0.3 is 19.5 Å². The Morgan fingerprint density at radius 3 is 2.04 bits per heavy atom. The molecule has 8 nitrogen and oxygen atoms in total. The molecule has 0 radical (unpaired) electrons. The fraction of sp³-hybridized carbons (Fsp3) is 0.278. The first-order valence-electron chi connectivity index (χ1n) is 7.99. The number of methoxy groups -OCH3 is 3. The maximum absolute atomic E-state index is 12.7. The number of benzene rings is 2. The van der Waals surface area contributed by atoms with Crippen LogP contribution in [0, 0.1) is 0 Å². The Bertz CT molecular complexity index is 967. The van der Waals surface area contributed by atoms with Crippen molar-refractivity contribution in [3.8, 4) is 17.2 Å². The molecular formula is C18H21ClN2O6S. The normalized spacial score (nSPS) is 11.2.